The number of nitro groups is 1. The van der Waals surface area contributed by atoms with Crippen LogP contribution >= 0.6 is 11.3 Å². The molecule has 0 fully saturated rings. The van der Waals surface area contributed by atoms with Crippen LogP contribution in [0, 0.1) is 24.0 Å². The highest BCUT2D eigenvalue weighted by Gasteiger charge is 2.22. The molecule has 0 saturated carbocycles. The molecule has 0 bridgehead atoms. The Morgan fingerprint density at radius 1 is 1.29 bits per heavy atom. The average molecular weight is 349 g/mol. The van der Waals surface area contributed by atoms with E-state index in [0.29, 0.717) is 16.3 Å². The topological polar surface area (TPSA) is 111 Å². The van der Waals surface area contributed by atoms with E-state index in [1.54, 1.807) is 13.8 Å². The lowest BCUT2D eigenvalue weighted by molar-refractivity contribution is -0.384. The first kappa shape index (κ1) is 17.5. The van der Waals surface area contributed by atoms with Gasteiger partial charge in [-0.3, -0.25) is 14.9 Å². The van der Waals surface area contributed by atoms with Gasteiger partial charge in [0.05, 0.1) is 15.6 Å². The molecule has 1 atom stereocenters. The summed E-state index contributed by atoms with van der Waals surface area (Å²) in [7, 11) is 0. The molecule has 0 aliphatic rings. The van der Waals surface area contributed by atoms with E-state index in [0.717, 1.165) is 5.01 Å². The number of hydrogen-bond donors (Lipinski definition) is 1. The second-order valence-corrected chi connectivity index (χ2v) is 6.19. The summed E-state index contributed by atoms with van der Waals surface area (Å²) in [5, 5.41) is 13.9. The van der Waals surface area contributed by atoms with Crippen molar-refractivity contribution >= 4 is 34.6 Å². The number of amides is 1. The number of nitro benzene ring substituents is 1. The summed E-state index contributed by atoms with van der Waals surface area (Å²) in [5.41, 5.74) is 0.854. The zero-order chi connectivity index (χ0) is 17.9. The molecule has 126 valence electrons. The molecule has 2 aromatic rings. The first-order chi connectivity index (χ1) is 11.3. The molecule has 0 saturated heterocycles. The van der Waals surface area contributed by atoms with Gasteiger partial charge < -0.3 is 10.1 Å². The number of carbonyl (C=O) groups is 2. The highest BCUT2D eigenvalue weighted by molar-refractivity contribution is 7.13. The van der Waals surface area contributed by atoms with Crippen LogP contribution in [-0.4, -0.2) is 27.9 Å². The molecule has 24 heavy (non-hydrogen) atoms. The first-order valence-electron chi connectivity index (χ1n) is 6.98. The highest BCUT2D eigenvalue weighted by atomic mass is 32.1. The van der Waals surface area contributed by atoms with Gasteiger partial charge in [0.1, 0.15) is 4.88 Å². The minimum absolute atomic E-state index is 0.0801. The van der Waals surface area contributed by atoms with E-state index in [4.69, 9.17) is 4.74 Å². The predicted molar refractivity (Wildman–Crippen MR) is 88.2 cm³/mol. The van der Waals surface area contributed by atoms with E-state index in [9.17, 15) is 19.7 Å². The van der Waals surface area contributed by atoms with Gasteiger partial charge in [-0.15, -0.1) is 11.3 Å². The number of thiazole rings is 1. The Hall–Kier alpha value is -2.81. The number of non-ortho nitro benzene ring substituents is 1. The Labute approximate surface area is 141 Å². The Bertz CT molecular complexity index is 785. The van der Waals surface area contributed by atoms with E-state index < -0.39 is 22.9 Å². The summed E-state index contributed by atoms with van der Waals surface area (Å²) < 4.78 is 5.14. The molecule has 0 radical (unpaired) electrons. The lowest BCUT2D eigenvalue weighted by Gasteiger charge is -2.13. The van der Waals surface area contributed by atoms with Crippen molar-refractivity contribution < 1.29 is 19.2 Å². The number of esters is 1. The fourth-order valence-corrected chi connectivity index (χ4v) is 2.70. The Morgan fingerprint density at radius 3 is 2.42 bits per heavy atom. The Balaban J connectivity index is 1.98. The number of benzene rings is 1. The lowest BCUT2D eigenvalue weighted by atomic mass is 10.2. The van der Waals surface area contributed by atoms with Crippen molar-refractivity contribution in [3.05, 3.63) is 50.0 Å². The molecule has 1 heterocycles. The zero-order valence-electron chi connectivity index (χ0n) is 13.2. The Morgan fingerprint density at radius 2 is 1.92 bits per heavy atom. The van der Waals surface area contributed by atoms with Gasteiger partial charge in [0.15, 0.2) is 6.10 Å². The van der Waals surface area contributed by atoms with Gasteiger partial charge in [-0.2, -0.15) is 0 Å². The highest BCUT2D eigenvalue weighted by Crippen LogP contribution is 2.19. The van der Waals surface area contributed by atoms with Crippen LogP contribution in [0.5, 0.6) is 0 Å². The zero-order valence-corrected chi connectivity index (χ0v) is 14.0. The third-order valence-electron chi connectivity index (χ3n) is 3.09. The van der Waals surface area contributed by atoms with Crippen molar-refractivity contribution in [2.45, 2.75) is 26.9 Å². The number of aryl methyl sites for hydroxylation is 2. The number of aromatic nitrogens is 1. The van der Waals surface area contributed by atoms with Crippen molar-refractivity contribution in [1.82, 2.24) is 4.98 Å². The van der Waals surface area contributed by atoms with Crippen LogP contribution in [0.4, 0.5) is 11.4 Å². The van der Waals surface area contributed by atoms with E-state index in [2.05, 4.69) is 10.3 Å². The number of nitrogens with one attached hydrogen (secondary N) is 1. The quantitative estimate of drug-likeness (QED) is 0.505. The number of anilines is 1. The SMILES string of the molecule is Cc1nc(C)c(C(=O)OC(C)C(=O)Nc2ccc([N+](=O)[O-])cc2)s1. The minimum Gasteiger partial charge on any atom is -0.448 e. The monoisotopic (exact) mass is 349 g/mol. The van der Waals surface area contributed by atoms with Gasteiger partial charge in [0.25, 0.3) is 11.6 Å². The average Bonchev–Trinajstić information content (AvgIpc) is 2.86. The molecule has 9 heteroatoms. The fourth-order valence-electron chi connectivity index (χ4n) is 1.90. The van der Waals surface area contributed by atoms with Crippen LogP contribution < -0.4 is 5.32 Å². The molecular formula is C15H15N3O5S. The Kier molecular flexibility index (Phi) is 5.24. The number of rotatable bonds is 5. The van der Waals surface area contributed by atoms with Crippen molar-refractivity contribution in [2.75, 3.05) is 5.32 Å². The van der Waals surface area contributed by atoms with E-state index in [1.807, 2.05) is 0 Å². The van der Waals surface area contributed by atoms with Gasteiger partial charge >= 0.3 is 5.97 Å². The van der Waals surface area contributed by atoms with Crippen molar-refractivity contribution in [3.63, 3.8) is 0 Å². The van der Waals surface area contributed by atoms with E-state index in [1.165, 1.54) is 42.5 Å². The second-order valence-electron chi connectivity index (χ2n) is 4.99. The van der Waals surface area contributed by atoms with Crippen LogP contribution in [0.25, 0.3) is 0 Å². The molecular weight excluding hydrogens is 334 g/mol. The maximum absolute atomic E-state index is 12.1. The minimum atomic E-state index is -1.02. The number of ether oxygens (including phenoxy) is 1. The maximum atomic E-state index is 12.1. The summed E-state index contributed by atoms with van der Waals surface area (Å²) in [6, 6.07) is 5.36. The van der Waals surface area contributed by atoms with E-state index in [-0.39, 0.29) is 5.69 Å². The number of nitrogens with zero attached hydrogens (tertiary/aromatic N) is 2. The summed E-state index contributed by atoms with van der Waals surface area (Å²) in [6.45, 7) is 4.92. The standard InChI is InChI=1S/C15H15N3O5S/c1-8-13(24-10(3)16-8)15(20)23-9(2)14(19)17-11-4-6-12(7-5-11)18(21)22/h4-7,9H,1-3H3,(H,17,19). The van der Waals surface area contributed by atoms with Gasteiger partial charge in [0, 0.05) is 17.8 Å². The third-order valence-corrected chi connectivity index (χ3v) is 4.14. The summed E-state index contributed by atoms with van der Waals surface area (Å²) >= 11 is 1.20. The summed E-state index contributed by atoms with van der Waals surface area (Å²) in [6.07, 6.45) is -1.02. The number of hydrogen-bond acceptors (Lipinski definition) is 7. The van der Waals surface area contributed by atoms with Crippen LogP contribution in [0.2, 0.25) is 0 Å². The van der Waals surface area contributed by atoms with Crippen LogP contribution in [0.15, 0.2) is 24.3 Å². The predicted octanol–water partition coefficient (Wildman–Crippen LogP) is 2.85. The molecule has 0 aliphatic heterocycles. The first-order valence-corrected chi connectivity index (χ1v) is 7.80. The molecule has 1 unspecified atom stereocenters. The molecule has 1 aromatic carbocycles. The van der Waals surface area contributed by atoms with Crippen LogP contribution in [0.3, 0.4) is 0 Å². The molecule has 1 N–H and O–H groups in total. The van der Waals surface area contributed by atoms with Crippen LogP contribution in [-0.2, 0) is 9.53 Å². The molecule has 2 rings (SSSR count). The number of carbonyl (C=O) groups excluding carboxylic acids is 2. The molecule has 1 amide bonds. The largest absolute Gasteiger partial charge is 0.448 e. The second kappa shape index (κ2) is 7.18. The lowest BCUT2D eigenvalue weighted by Crippen LogP contribution is -2.29. The molecule has 0 aliphatic carbocycles. The smallest absolute Gasteiger partial charge is 0.351 e. The third kappa shape index (κ3) is 4.13. The van der Waals surface area contributed by atoms with Crippen molar-refractivity contribution in [1.29, 1.82) is 0 Å². The molecule has 8 nitrogen and oxygen atoms in total. The van der Waals surface area contributed by atoms with Gasteiger partial charge in [0.2, 0.25) is 0 Å². The summed E-state index contributed by atoms with van der Waals surface area (Å²) in [4.78, 5) is 38.7. The maximum Gasteiger partial charge on any atom is 0.351 e. The van der Waals surface area contributed by atoms with Gasteiger partial charge in [-0.25, -0.2) is 9.78 Å². The van der Waals surface area contributed by atoms with Gasteiger partial charge in [-0.05, 0) is 32.9 Å². The van der Waals surface area contributed by atoms with Gasteiger partial charge in [-0.1, -0.05) is 0 Å². The molecule has 0 spiro atoms. The fraction of sp³-hybridized carbons (Fsp3) is 0.267. The molecule has 1 aromatic heterocycles. The summed E-state index contributed by atoms with van der Waals surface area (Å²) in [5.74, 6) is -1.14. The van der Waals surface area contributed by atoms with E-state index >= 15 is 0 Å². The van der Waals surface area contributed by atoms with Crippen molar-refractivity contribution in [2.24, 2.45) is 0 Å². The van der Waals surface area contributed by atoms with Crippen LogP contribution in [0.1, 0.15) is 27.3 Å². The van der Waals surface area contributed by atoms with Crippen molar-refractivity contribution in [3.8, 4) is 0 Å². The normalized spacial score (nSPS) is 11.6.